The van der Waals surface area contributed by atoms with Gasteiger partial charge in [-0.25, -0.2) is 5.06 Å². The first kappa shape index (κ1) is 18.3. The smallest absolute Gasteiger partial charge is 0.258 e. The standard InChI is InChI=1S/C22H21N3O3S/c26-22-21(17-12-16(4-5-18(17)23-22)20-2-1-11-29-20)19-6-3-15(14-25(19)27)13-24-7-9-28-10-8-24/h1-6,11-12,14,27H,7-10,13H2,(H,23,26)/b21-19-. The fourth-order valence-electron chi connectivity index (χ4n) is 3.86. The van der Waals surface area contributed by atoms with E-state index in [4.69, 9.17) is 4.74 Å². The highest BCUT2D eigenvalue weighted by molar-refractivity contribution is 7.13. The minimum atomic E-state index is -0.202. The predicted molar refractivity (Wildman–Crippen MR) is 113 cm³/mol. The molecular formula is C22H21N3O3S. The molecule has 2 N–H and O–H groups in total. The van der Waals surface area contributed by atoms with Gasteiger partial charge in [-0.15, -0.1) is 11.3 Å². The molecule has 0 unspecified atom stereocenters. The van der Waals surface area contributed by atoms with Crippen LogP contribution in [0.2, 0.25) is 0 Å². The number of hydroxylamine groups is 2. The van der Waals surface area contributed by atoms with E-state index in [9.17, 15) is 10.0 Å². The van der Waals surface area contributed by atoms with Crippen molar-refractivity contribution in [3.05, 3.63) is 70.9 Å². The Morgan fingerprint density at radius 3 is 2.79 bits per heavy atom. The molecule has 1 saturated heterocycles. The Labute approximate surface area is 173 Å². The number of carbonyl (C=O) groups excluding carboxylic acids is 1. The highest BCUT2D eigenvalue weighted by atomic mass is 32.1. The molecule has 0 saturated carbocycles. The average Bonchev–Trinajstić information content (AvgIpc) is 3.36. The number of allylic oxidation sites excluding steroid dienone is 1. The van der Waals surface area contributed by atoms with Gasteiger partial charge in [0.15, 0.2) is 0 Å². The van der Waals surface area contributed by atoms with Gasteiger partial charge in [-0.3, -0.25) is 14.9 Å². The van der Waals surface area contributed by atoms with E-state index >= 15 is 0 Å². The van der Waals surface area contributed by atoms with Crippen molar-refractivity contribution in [2.45, 2.75) is 0 Å². The number of carbonyl (C=O) groups is 1. The molecule has 29 heavy (non-hydrogen) atoms. The maximum Gasteiger partial charge on any atom is 0.258 e. The first-order valence-electron chi connectivity index (χ1n) is 9.60. The summed E-state index contributed by atoms with van der Waals surface area (Å²) in [4.78, 5) is 16.1. The zero-order chi connectivity index (χ0) is 19.8. The van der Waals surface area contributed by atoms with E-state index in [1.54, 1.807) is 17.5 Å². The quantitative estimate of drug-likeness (QED) is 0.762. The lowest BCUT2D eigenvalue weighted by Crippen LogP contribution is -2.37. The molecule has 0 spiro atoms. The number of hydrogen-bond acceptors (Lipinski definition) is 6. The Kier molecular flexibility index (Phi) is 4.81. The number of nitrogens with zero attached hydrogens (tertiary/aromatic N) is 2. The van der Waals surface area contributed by atoms with Crippen molar-refractivity contribution < 1.29 is 14.7 Å². The van der Waals surface area contributed by atoms with Gasteiger partial charge in [0.1, 0.15) is 0 Å². The fraction of sp³-hybridized carbons (Fsp3) is 0.227. The van der Waals surface area contributed by atoms with Crippen LogP contribution in [0, 0.1) is 0 Å². The zero-order valence-electron chi connectivity index (χ0n) is 15.8. The van der Waals surface area contributed by atoms with Crippen LogP contribution < -0.4 is 5.32 Å². The average molecular weight is 407 g/mol. The van der Waals surface area contributed by atoms with Crippen LogP contribution in [-0.2, 0) is 9.53 Å². The van der Waals surface area contributed by atoms with Crippen LogP contribution >= 0.6 is 11.3 Å². The summed E-state index contributed by atoms with van der Waals surface area (Å²) in [6.45, 7) is 3.97. The summed E-state index contributed by atoms with van der Waals surface area (Å²) in [7, 11) is 0. The molecule has 148 valence electrons. The molecule has 7 heteroatoms. The molecule has 3 aliphatic heterocycles. The maximum atomic E-state index is 12.7. The second-order valence-electron chi connectivity index (χ2n) is 7.22. The molecule has 1 aromatic carbocycles. The minimum absolute atomic E-state index is 0.202. The first-order chi connectivity index (χ1) is 14.2. The zero-order valence-corrected chi connectivity index (χ0v) is 16.6. The highest BCUT2D eigenvalue weighted by Crippen LogP contribution is 2.39. The summed E-state index contributed by atoms with van der Waals surface area (Å²) >= 11 is 1.66. The Morgan fingerprint density at radius 2 is 2.03 bits per heavy atom. The number of nitrogens with one attached hydrogen (secondary N) is 1. The lowest BCUT2D eigenvalue weighted by Gasteiger charge is -2.28. The molecule has 0 aliphatic carbocycles. The molecule has 4 heterocycles. The lowest BCUT2D eigenvalue weighted by atomic mass is 10.00. The summed E-state index contributed by atoms with van der Waals surface area (Å²) in [6, 6.07) is 10.0. The minimum Gasteiger partial charge on any atom is -0.379 e. The monoisotopic (exact) mass is 407 g/mol. The van der Waals surface area contributed by atoms with E-state index < -0.39 is 0 Å². The topological polar surface area (TPSA) is 65.0 Å². The van der Waals surface area contributed by atoms with Gasteiger partial charge in [0.2, 0.25) is 0 Å². The molecule has 1 amide bonds. The summed E-state index contributed by atoms with van der Waals surface area (Å²) in [5.41, 5.74) is 4.59. The van der Waals surface area contributed by atoms with Gasteiger partial charge in [0.05, 0.1) is 24.5 Å². The van der Waals surface area contributed by atoms with Crippen molar-refractivity contribution in [1.29, 1.82) is 0 Å². The number of amides is 1. The van der Waals surface area contributed by atoms with Gasteiger partial charge in [0, 0.05) is 42.0 Å². The van der Waals surface area contributed by atoms with E-state index in [-0.39, 0.29) is 5.91 Å². The normalized spacial score (nSPS) is 21.9. The van der Waals surface area contributed by atoms with Crippen LogP contribution in [-0.4, -0.2) is 53.9 Å². The maximum absolute atomic E-state index is 12.7. The molecule has 0 radical (unpaired) electrons. The van der Waals surface area contributed by atoms with Gasteiger partial charge in [-0.2, -0.15) is 0 Å². The van der Waals surface area contributed by atoms with Crippen LogP contribution in [0.3, 0.4) is 0 Å². The van der Waals surface area contributed by atoms with Crippen molar-refractivity contribution in [3.63, 3.8) is 0 Å². The third kappa shape index (κ3) is 3.54. The molecule has 1 fully saturated rings. The van der Waals surface area contributed by atoms with E-state index in [2.05, 4.69) is 16.3 Å². The molecule has 0 atom stereocenters. The van der Waals surface area contributed by atoms with Gasteiger partial charge in [-0.1, -0.05) is 18.2 Å². The Morgan fingerprint density at radius 1 is 1.17 bits per heavy atom. The molecule has 6 nitrogen and oxygen atoms in total. The van der Waals surface area contributed by atoms with E-state index in [1.165, 1.54) is 0 Å². The third-order valence-corrected chi connectivity index (χ3v) is 6.25. The number of morpholine rings is 1. The SMILES string of the molecule is O=C1Nc2ccc(-c3cccs3)cc2/C1=C1\C=CC(CN2CCOCC2)=CN1O. The number of thiophene rings is 1. The number of fused-ring (bicyclic) bond motifs is 1. The van der Waals surface area contributed by atoms with Crippen molar-refractivity contribution in [1.82, 2.24) is 9.96 Å². The highest BCUT2D eigenvalue weighted by Gasteiger charge is 2.30. The molecule has 2 aromatic rings. The Balaban J connectivity index is 1.46. The summed E-state index contributed by atoms with van der Waals surface area (Å²) in [5.74, 6) is -0.202. The molecular weight excluding hydrogens is 386 g/mol. The van der Waals surface area contributed by atoms with Crippen molar-refractivity contribution in [2.24, 2.45) is 0 Å². The van der Waals surface area contributed by atoms with Crippen molar-refractivity contribution in [3.8, 4) is 10.4 Å². The van der Waals surface area contributed by atoms with Gasteiger partial charge < -0.3 is 10.1 Å². The van der Waals surface area contributed by atoms with Crippen molar-refractivity contribution >= 4 is 28.5 Å². The third-order valence-electron chi connectivity index (χ3n) is 5.33. The number of ether oxygens (including phenoxy) is 1. The van der Waals surface area contributed by atoms with Crippen LogP contribution in [0.4, 0.5) is 5.69 Å². The Bertz CT molecular complexity index is 1030. The molecule has 5 rings (SSSR count). The lowest BCUT2D eigenvalue weighted by molar-refractivity contribution is -0.111. The number of hydrogen-bond donors (Lipinski definition) is 2. The number of rotatable bonds is 3. The molecule has 3 aliphatic rings. The number of anilines is 1. The predicted octanol–water partition coefficient (Wildman–Crippen LogP) is 3.56. The van der Waals surface area contributed by atoms with Crippen LogP contribution in [0.1, 0.15) is 5.56 Å². The van der Waals surface area contributed by atoms with Crippen LogP contribution in [0.25, 0.3) is 16.0 Å². The van der Waals surface area contributed by atoms with E-state index in [1.807, 2.05) is 41.8 Å². The van der Waals surface area contributed by atoms with Gasteiger partial charge in [-0.05, 0) is 40.8 Å². The molecule has 1 aromatic heterocycles. The first-order valence-corrected chi connectivity index (χ1v) is 10.5. The van der Waals surface area contributed by atoms with Crippen LogP contribution in [0.5, 0.6) is 0 Å². The summed E-state index contributed by atoms with van der Waals surface area (Å²) in [6.07, 6.45) is 5.47. The fourth-order valence-corrected chi connectivity index (χ4v) is 4.58. The second-order valence-corrected chi connectivity index (χ2v) is 8.17. The second kappa shape index (κ2) is 7.61. The van der Waals surface area contributed by atoms with Gasteiger partial charge in [0.25, 0.3) is 5.91 Å². The van der Waals surface area contributed by atoms with E-state index in [0.717, 1.165) is 65.2 Å². The summed E-state index contributed by atoms with van der Waals surface area (Å²) < 4.78 is 5.39. The van der Waals surface area contributed by atoms with Crippen LogP contribution in [0.15, 0.2) is 65.3 Å². The van der Waals surface area contributed by atoms with E-state index in [0.29, 0.717) is 11.3 Å². The molecule has 0 bridgehead atoms. The summed E-state index contributed by atoms with van der Waals surface area (Å²) in [5, 5.41) is 16.7. The van der Waals surface area contributed by atoms with Crippen molar-refractivity contribution in [2.75, 3.05) is 38.2 Å². The number of benzene rings is 1. The largest absolute Gasteiger partial charge is 0.379 e. The Hall–Kier alpha value is -2.71. The van der Waals surface area contributed by atoms with Gasteiger partial charge >= 0.3 is 0 Å².